The van der Waals surface area contributed by atoms with Gasteiger partial charge in [0.05, 0.1) is 19.4 Å². The van der Waals surface area contributed by atoms with Crippen LogP contribution in [0.25, 0.3) is 0 Å². The van der Waals surface area contributed by atoms with Crippen molar-refractivity contribution in [3.05, 3.63) is 0 Å². The van der Waals surface area contributed by atoms with Crippen molar-refractivity contribution in [3.63, 3.8) is 0 Å². The van der Waals surface area contributed by atoms with Gasteiger partial charge in [0, 0.05) is 12.3 Å². The van der Waals surface area contributed by atoms with Crippen LogP contribution in [0.2, 0.25) is 0 Å². The molecule has 0 bridgehead atoms. The molecule has 0 radical (unpaired) electrons. The molecule has 0 heterocycles. The van der Waals surface area contributed by atoms with E-state index in [1.165, 1.54) is 19.3 Å². The van der Waals surface area contributed by atoms with Crippen molar-refractivity contribution in [3.8, 4) is 0 Å². The summed E-state index contributed by atoms with van der Waals surface area (Å²) in [7, 11) is -2.94. The van der Waals surface area contributed by atoms with Crippen LogP contribution in [0.5, 0.6) is 0 Å². The van der Waals surface area contributed by atoms with Gasteiger partial charge in [0.1, 0.15) is 0 Å². The zero-order valence-corrected chi connectivity index (χ0v) is 11.8. The Morgan fingerprint density at radius 2 is 1.76 bits per heavy atom. The van der Waals surface area contributed by atoms with Crippen LogP contribution in [-0.4, -0.2) is 31.6 Å². The third-order valence-electron chi connectivity index (χ3n) is 2.85. The number of nitrogens with zero attached hydrogens (tertiary/aromatic N) is 1. The summed E-state index contributed by atoms with van der Waals surface area (Å²) >= 11 is 0. The lowest BCUT2D eigenvalue weighted by atomic mass is 9.96. The zero-order valence-electron chi connectivity index (χ0n) is 10.9. The maximum Gasteiger partial charge on any atom is 0.335 e. The quantitative estimate of drug-likeness (QED) is 0.519. The Bertz CT molecular complexity index is 265. The van der Waals surface area contributed by atoms with Crippen LogP contribution in [0.3, 0.4) is 0 Å². The first-order valence-corrected chi connectivity index (χ1v) is 8.32. The van der Waals surface area contributed by atoms with Crippen molar-refractivity contribution in [1.29, 1.82) is 0 Å². The van der Waals surface area contributed by atoms with Gasteiger partial charge in [0.2, 0.25) is 0 Å². The fourth-order valence-electron chi connectivity index (χ4n) is 2.06. The fourth-order valence-corrected chi connectivity index (χ4v) is 3.43. The minimum absolute atomic E-state index is 0.297. The maximum absolute atomic E-state index is 12.1. The molecule has 1 fully saturated rings. The molecule has 0 aromatic heterocycles. The Hall–Kier alpha value is -0.180. The van der Waals surface area contributed by atoms with E-state index in [1.54, 1.807) is 6.21 Å². The van der Waals surface area contributed by atoms with Gasteiger partial charge in [-0.1, -0.05) is 19.3 Å². The van der Waals surface area contributed by atoms with E-state index < -0.39 is 7.60 Å². The van der Waals surface area contributed by atoms with E-state index in [2.05, 4.69) is 4.99 Å². The normalized spacial score (nSPS) is 18.9. The molecule has 1 aliphatic rings. The van der Waals surface area contributed by atoms with Gasteiger partial charge in [0.15, 0.2) is 0 Å². The summed E-state index contributed by atoms with van der Waals surface area (Å²) in [4.78, 5) is 4.48. The molecule has 0 aliphatic heterocycles. The molecule has 5 heteroatoms. The summed E-state index contributed by atoms with van der Waals surface area (Å²) < 4.78 is 22.5. The Kier molecular flexibility index (Phi) is 7.02. The lowest BCUT2D eigenvalue weighted by molar-refractivity contribution is 0.223. The predicted octanol–water partition coefficient (Wildman–Crippen LogP) is 3.66. The Morgan fingerprint density at radius 1 is 1.18 bits per heavy atom. The molecule has 0 unspecified atom stereocenters. The molecule has 1 saturated carbocycles. The zero-order chi connectivity index (χ0) is 12.6. The molecule has 4 nitrogen and oxygen atoms in total. The second-order valence-corrected chi connectivity index (χ2v) is 6.36. The van der Waals surface area contributed by atoms with E-state index in [1.807, 2.05) is 13.8 Å². The lowest BCUT2D eigenvalue weighted by Crippen LogP contribution is -2.10. The lowest BCUT2D eigenvalue weighted by Gasteiger charge is -2.18. The SMILES string of the molecule is CCOP(=O)(CC=NC1CCCCC1)OCC. The van der Waals surface area contributed by atoms with Crippen LogP contribution < -0.4 is 0 Å². The first kappa shape index (κ1) is 14.9. The highest BCUT2D eigenvalue weighted by molar-refractivity contribution is 7.54. The molecular weight excluding hydrogens is 237 g/mol. The third kappa shape index (κ3) is 5.80. The van der Waals surface area contributed by atoms with Crippen LogP contribution in [-0.2, 0) is 13.6 Å². The van der Waals surface area contributed by atoms with E-state index in [4.69, 9.17) is 9.05 Å². The van der Waals surface area contributed by atoms with Crippen molar-refractivity contribution in [2.24, 2.45) is 4.99 Å². The second-order valence-electron chi connectivity index (χ2n) is 4.25. The van der Waals surface area contributed by atoms with Crippen LogP contribution in [0, 0.1) is 0 Å². The van der Waals surface area contributed by atoms with Gasteiger partial charge < -0.3 is 9.05 Å². The van der Waals surface area contributed by atoms with Crippen LogP contribution in [0.1, 0.15) is 46.0 Å². The summed E-state index contributed by atoms with van der Waals surface area (Å²) in [6.07, 6.45) is 8.19. The van der Waals surface area contributed by atoms with Gasteiger partial charge >= 0.3 is 7.60 Å². The summed E-state index contributed by atoms with van der Waals surface area (Å²) in [6.45, 7) is 4.47. The number of hydrogen-bond donors (Lipinski definition) is 0. The summed E-state index contributed by atoms with van der Waals surface area (Å²) in [6, 6.07) is 0.417. The van der Waals surface area contributed by atoms with Crippen molar-refractivity contribution in [1.82, 2.24) is 0 Å². The molecule has 0 N–H and O–H groups in total. The summed E-state index contributed by atoms with van der Waals surface area (Å²) in [5, 5.41) is 0. The minimum Gasteiger partial charge on any atom is -0.309 e. The predicted molar refractivity (Wildman–Crippen MR) is 71.1 cm³/mol. The molecule has 1 aliphatic carbocycles. The standard InChI is InChI=1S/C12H24NO3P/c1-3-15-17(14,16-4-2)11-10-13-12-8-6-5-7-9-12/h10,12H,3-9,11H2,1-2H3. The molecule has 0 aromatic rings. The Morgan fingerprint density at radius 3 is 2.29 bits per heavy atom. The van der Waals surface area contributed by atoms with Crippen LogP contribution in [0.15, 0.2) is 4.99 Å². The maximum atomic E-state index is 12.1. The average molecular weight is 261 g/mol. The highest BCUT2D eigenvalue weighted by atomic mass is 31.2. The summed E-state index contributed by atoms with van der Waals surface area (Å²) in [5.41, 5.74) is 0. The van der Waals surface area contributed by atoms with E-state index >= 15 is 0 Å². The monoisotopic (exact) mass is 261 g/mol. The Balaban J connectivity index is 2.39. The second kappa shape index (κ2) is 8.02. The molecule has 0 spiro atoms. The van der Waals surface area contributed by atoms with Crippen molar-refractivity contribution in [2.45, 2.75) is 52.0 Å². The van der Waals surface area contributed by atoms with Gasteiger partial charge in [-0.2, -0.15) is 0 Å². The van der Waals surface area contributed by atoms with Crippen LogP contribution >= 0.6 is 7.60 Å². The molecule has 17 heavy (non-hydrogen) atoms. The fraction of sp³-hybridized carbons (Fsp3) is 0.917. The van der Waals surface area contributed by atoms with Crippen molar-refractivity contribution in [2.75, 3.05) is 19.4 Å². The molecule has 0 aromatic carbocycles. The largest absolute Gasteiger partial charge is 0.335 e. The van der Waals surface area contributed by atoms with Gasteiger partial charge in [-0.15, -0.1) is 0 Å². The molecule has 1 rings (SSSR count). The number of rotatable bonds is 7. The molecule has 0 amide bonds. The highest BCUT2D eigenvalue weighted by Crippen LogP contribution is 2.46. The first-order chi connectivity index (χ1) is 8.20. The Labute approximate surface area is 104 Å². The molecule has 0 saturated heterocycles. The highest BCUT2D eigenvalue weighted by Gasteiger charge is 2.22. The van der Waals surface area contributed by atoms with Gasteiger partial charge in [-0.05, 0) is 26.7 Å². The van der Waals surface area contributed by atoms with E-state index in [0.29, 0.717) is 25.4 Å². The van der Waals surface area contributed by atoms with E-state index in [0.717, 1.165) is 12.8 Å². The van der Waals surface area contributed by atoms with Gasteiger partial charge in [-0.3, -0.25) is 9.56 Å². The van der Waals surface area contributed by atoms with Gasteiger partial charge in [-0.25, -0.2) is 0 Å². The van der Waals surface area contributed by atoms with Crippen molar-refractivity contribution >= 4 is 13.8 Å². The topological polar surface area (TPSA) is 47.9 Å². The van der Waals surface area contributed by atoms with E-state index in [-0.39, 0.29) is 0 Å². The smallest absolute Gasteiger partial charge is 0.309 e. The molecular formula is C12H24NO3P. The number of hydrogen-bond acceptors (Lipinski definition) is 4. The third-order valence-corrected chi connectivity index (χ3v) is 4.76. The average Bonchev–Trinajstić information content (AvgIpc) is 2.31. The molecule has 0 atom stereocenters. The van der Waals surface area contributed by atoms with Crippen LogP contribution in [0.4, 0.5) is 0 Å². The first-order valence-electron chi connectivity index (χ1n) is 6.60. The van der Waals surface area contributed by atoms with Crippen molar-refractivity contribution < 1.29 is 13.6 Å². The summed E-state index contributed by atoms with van der Waals surface area (Å²) in [5.74, 6) is 0. The van der Waals surface area contributed by atoms with E-state index in [9.17, 15) is 4.57 Å². The van der Waals surface area contributed by atoms with Gasteiger partial charge in [0.25, 0.3) is 0 Å². The minimum atomic E-state index is -2.94. The molecule has 100 valence electrons. The number of aliphatic imine (C=N–C) groups is 1.